The summed E-state index contributed by atoms with van der Waals surface area (Å²) in [6.07, 6.45) is 0. The van der Waals surface area contributed by atoms with Crippen LogP contribution in [0.4, 0.5) is 0 Å². The van der Waals surface area contributed by atoms with Crippen molar-refractivity contribution in [3.63, 3.8) is 0 Å². The van der Waals surface area contributed by atoms with Crippen molar-refractivity contribution in [1.82, 2.24) is 4.90 Å². The molecule has 3 N–H and O–H groups in total. The third-order valence-electron chi connectivity index (χ3n) is 2.61. The molecule has 0 bridgehead atoms. The number of carbonyl (C=O) groups is 2. The van der Waals surface area contributed by atoms with Crippen LogP contribution < -0.4 is 5.73 Å². The monoisotopic (exact) mass is 244 g/mol. The van der Waals surface area contributed by atoms with Crippen LogP contribution in [0.3, 0.4) is 0 Å². The summed E-state index contributed by atoms with van der Waals surface area (Å²) in [7, 11) is 1.49. The van der Waals surface area contributed by atoms with Crippen LogP contribution in [0.1, 0.15) is 0 Å². The summed E-state index contributed by atoms with van der Waals surface area (Å²) in [5, 5.41) is 8.87. The number of ether oxygens (including phenoxy) is 1. The molecule has 0 aliphatic carbocycles. The maximum Gasteiger partial charge on any atom is 0.352 e. The molecule has 2 aliphatic heterocycles. The molecule has 0 radical (unpaired) electrons. The van der Waals surface area contributed by atoms with Crippen LogP contribution in [-0.2, 0) is 14.3 Å². The summed E-state index contributed by atoms with van der Waals surface area (Å²) in [5.41, 5.74) is 6.26. The molecule has 6 nitrogen and oxygen atoms in total. The van der Waals surface area contributed by atoms with Gasteiger partial charge in [0.05, 0.1) is 6.61 Å². The van der Waals surface area contributed by atoms with E-state index in [0.29, 0.717) is 11.3 Å². The average molecular weight is 244 g/mol. The zero-order chi connectivity index (χ0) is 11.9. The van der Waals surface area contributed by atoms with E-state index in [9.17, 15) is 9.59 Å². The SMILES string of the molecule is COCC1=C(C(=O)O)N2C(=O)[C@@H](N)[C@H]2SC1. The molecular weight excluding hydrogens is 232 g/mol. The number of nitrogens with zero attached hydrogens (tertiary/aromatic N) is 1. The number of hydrogen-bond donors (Lipinski definition) is 2. The van der Waals surface area contributed by atoms with Gasteiger partial charge in [-0.05, 0) is 5.57 Å². The lowest BCUT2D eigenvalue weighted by Gasteiger charge is -2.47. The van der Waals surface area contributed by atoms with Crippen LogP contribution >= 0.6 is 11.8 Å². The van der Waals surface area contributed by atoms with Crippen molar-refractivity contribution in [2.75, 3.05) is 19.5 Å². The molecule has 0 unspecified atom stereocenters. The molecular formula is C9H12N2O4S. The highest BCUT2D eigenvalue weighted by atomic mass is 32.2. The predicted molar refractivity (Wildman–Crippen MR) is 57.6 cm³/mol. The fourth-order valence-corrected chi connectivity index (χ4v) is 3.14. The lowest BCUT2D eigenvalue weighted by molar-refractivity contribution is -0.148. The van der Waals surface area contributed by atoms with Gasteiger partial charge in [-0.2, -0.15) is 0 Å². The number of amides is 1. The number of carboxylic acids is 1. The van der Waals surface area contributed by atoms with E-state index in [4.69, 9.17) is 15.6 Å². The van der Waals surface area contributed by atoms with Gasteiger partial charge in [0.25, 0.3) is 0 Å². The maximum atomic E-state index is 11.5. The van der Waals surface area contributed by atoms with Crippen molar-refractivity contribution in [1.29, 1.82) is 0 Å². The van der Waals surface area contributed by atoms with Crippen molar-refractivity contribution in [3.05, 3.63) is 11.3 Å². The summed E-state index contributed by atoms with van der Waals surface area (Å²) in [6, 6.07) is -0.580. The fourth-order valence-electron chi connectivity index (χ4n) is 1.87. The van der Waals surface area contributed by atoms with E-state index < -0.39 is 12.0 Å². The summed E-state index contributed by atoms with van der Waals surface area (Å²) >= 11 is 1.47. The van der Waals surface area contributed by atoms with Crippen LogP contribution in [0.5, 0.6) is 0 Å². The minimum absolute atomic E-state index is 0.0392. The van der Waals surface area contributed by atoms with Crippen molar-refractivity contribution in [2.45, 2.75) is 11.4 Å². The van der Waals surface area contributed by atoms with E-state index in [-0.39, 0.29) is 23.6 Å². The Morgan fingerprint density at radius 3 is 3.00 bits per heavy atom. The molecule has 88 valence electrons. The molecule has 2 heterocycles. The van der Waals surface area contributed by atoms with Crippen molar-refractivity contribution >= 4 is 23.6 Å². The van der Waals surface area contributed by atoms with Gasteiger partial charge < -0.3 is 15.6 Å². The van der Waals surface area contributed by atoms with Crippen LogP contribution in [0.25, 0.3) is 0 Å². The van der Waals surface area contributed by atoms with Gasteiger partial charge in [0, 0.05) is 12.9 Å². The molecule has 1 fully saturated rings. The zero-order valence-corrected chi connectivity index (χ0v) is 9.49. The highest BCUT2D eigenvalue weighted by molar-refractivity contribution is 8.00. The quantitative estimate of drug-likeness (QED) is 0.632. The molecule has 1 saturated heterocycles. The van der Waals surface area contributed by atoms with E-state index in [1.165, 1.54) is 23.8 Å². The normalized spacial score (nSPS) is 28.9. The van der Waals surface area contributed by atoms with Gasteiger partial charge in [-0.25, -0.2) is 4.79 Å². The van der Waals surface area contributed by atoms with Gasteiger partial charge in [0.1, 0.15) is 17.1 Å². The average Bonchev–Trinajstić information content (AvgIpc) is 2.27. The first-order valence-electron chi connectivity index (χ1n) is 4.72. The molecule has 2 rings (SSSR count). The van der Waals surface area contributed by atoms with Gasteiger partial charge in [0.2, 0.25) is 5.91 Å². The number of nitrogens with two attached hydrogens (primary N) is 1. The lowest BCUT2D eigenvalue weighted by atomic mass is 10.0. The minimum atomic E-state index is -1.10. The second-order valence-electron chi connectivity index (χ2n) is 3.63. The number of methoxy groups -OCH3 is 1. The predicted octanol–water partition coefficient (Wildman–Crippen LogP) is -0.786. The van der Waals surface area contributed by atoms with Crippen molar-refractivity contribution in [2.24, 2.45) is 5.73 Å². The molecule has 1 amide bonds. The smallest absolute Gasteiger partial charge is 0.352 e. The highest BCUT2D eigenvalue weighted by Crippen LogP contribution is 2.39. The first-order chi connectivity index (χ1) is 7.57. The number of aliphatic carboxylic acids is 1. The summed E-state index contributed by atoms with van der Waals surface area (Å²) < 4.78 is 4.93. The van der Waals surface area contributed by atoms with E-state index in [1.807, 2.05) is 0 Å². The largest absolute Gasteiger partial charge is 0.477 e. The van der Waals surface area contributed by atoms with Gasteiger partial charge in [-0.1, -0.05) is 0 Å². The highest BCUT2D eigenvalue weighted by Gasteiger charge is 2.51. The zero-order valence-electron chi connectivity index (χ0n) is 8.67. The number of β-lactam (4-membered cyclic amide) rings is 1. The maximum absolute atomic E-state index is 11.5. The summed E-state index contributed by atoms with van der Waals surface area (Å²) in [6.45, 7) is 0.223. The molecule has 0 aromatic heterocycles. The molecule has 0 spiro atoms. The Balaban J connectivity index is 2.34. The Hall–Kier alpha value is -1.05. The number of carboxylic acid groups (broad SMARTS) is 1. The Kier molecular flexibility index (Phi) is 2.92. The van der Waals surface area contributed by atoms with Crippen LogP contribution in [0.2, 0.25) is 0 Å². The van der Waals surface area contributed by atoms with E-state index >= 15 is 0 Å². The third kappa shape index (κ3) is 1.51. The van der Waals surface area contributed by atoms with Crippen LogP contribution in [0.15, 0.2) is 11.3 Å². The van der Waals surface area contributed by atoms with Crippen molar-refractivity contribution in [3.8, 4) is 0 Å². The summed E-state index contributed by atoms with van der Waals surface area (Å²) in [5.74, 6) is -0.891. The second kappa shape index (κ2) is 4.08. The Morgan fingerprint density at radius 2 is 2.44 bits per heavy atom. The fraction of sp³-hybridized carbons (Fsp3) is 0.556. The minimum Gasteiger partial charge on any atom is -0.477 e. The van der Waals surface area contributed by atoms with Gasteiger partial charge in [0.15, 0.2) is 0 Å². The van der Waals surface area contributed by atoms with Gasteiger partial charge in [-0.15, -0.1) is 11.8 Å². The van der Waals surface area contributed by atoms with Gasteiger partial charge in [-0.3, -0.25) is 9.69 Å². The number of hydrogen-bond acceptors (Lipinski definition) is 5. The second-order valence-corrected chi connectivity index (χ2v) is 4.73. The lowest BCUT2D eigenvalue weighted by Crippen LogP contribution is -2.68. The molecule has 16 heavy (non-hydrogen) atoms. The number of fused-ring (bicyclic) bond motifs is 1. The standard InChI is InChI=1S/C9H12N2O4S/c1-15-2-4-3-16-8-5(10)7(12)11(8)6(4)9(13)14/h5,8H,2-3,10H2,1H3,(H,13,14)/t5-,8-/m1/s1. The first kappa shape index (κ1) is 11.4. The molecule has 0 aromatic carbocycles. The Labute approximate surface area is 96.4 Å². The van der Waals surface area contributed by atoms with E-state index in [0.717, 1.165) is 0 Å². The number of carbonyl (C=O) groups excluding carboxylic acids is 1. The molecule has 7 heteroatoms. The molecule has 0 aromatic rings. The first-order valence-corrected chi connectivity index (χ1v) is 5.77. The number of thioether (sulfide) groups is 1. The topological polar surface area (TPSA) is 92.9 Å². The van der Waals surface area contributed by atoms with Crippen LogP contribution in [0, 0.1) is 0 Å². The Morgan fingerprint density at radius 1 is 1.75 bits per heavy atom. The molecule has 2 aliphatic rings. The summed E-state index contributed by atoms with van der Waals surface area (Å²) in [4.78, 5) is 23.9. The van der Waals surface area contributed by atoms with Crippen molar-refractivity contribution < 1.29 is 19.4 Å². The van der Waals surface area contributed by atoms with Gasteiger partial charge >= 0.3 is 5.97 Å². The van der Waals surface area contributed by atoms with E-state index in [2.05, 4.69) is 0 Å². The van der Waals surface area contributed by atoms with E-state index in [1.54, 1.807) is 0 Å². The van der Waals surface area contributed by atoms with Crippen LogP contribution in [-0.4, -0.2) is 52.8 Å². The third-order valence-corrected chi connectivity index (χ3v) is 3.97. The number of rotatable bonds is 3. The molecule has 2 atom stereocenters. The molecule has 0 saturated carbocycles. The Bertz CT molecular complexity index is 382.